The monoisotopic (exact) mass is 208 g/mol. The van der Waals surface area contributed by atoms with E-state index in [1.165, 1.54) is 19.3 Å². The molecule has 0 spiro atoms. The molecule has 15 heavy (non-hydrogen) atoms. The largest absolute Gasteiger partial charge is 0.460 e. The van der Waals surface area contributed by atoms with Crippen molar-refractivity contribution in [1.82, 2.24) is 0 Å². The van der Waals surface area contributed by atoms with Crippen LogP contribution in [0, 0.1) is 11.3 Å². The Kier molecular flexibility index (Phi) is 2.40. The maximum atomic E-state index is 11.7. The van der Waals surface area contributed by atoms with E-state index >= 15 is 0 Å². The maximum Gasteiger partial charge on any atom is 0.307 e. The first-order valence-corrected chi connectivity index (χ1v) is 5.81. The first-order chi connectivity index (χ1) is 6.91. The molecule has 0 aromatic heterocycles. The van der Waals surface area contributed by atoms with Crippen LogP contribution < -0.4 is 0 Å². The van der Waals surface area contributed by atoms with Gasteiger partial charge in [-0.15, -0.1) is 0 Å². The van der Waals surface area contributed by atoms with Crippen molar-refractivity contribution in [3.05, 3.63) is 12.2 Å². The fourth-order valence-corrected chi connectivity index (χ4v) is 2.53. The summed E-state index contributed by atoms with van der Waals surface area (Å²) >= 11 is 0. The Labute approximate surface area is 91.7 Å². The maximum absolute atomic E-state index is 11.7. The third kappa shape index (κ3) is 2.42. The van der Waals surface area contributed by atoms with Crippen molar-refractivity contribution < 1.29 is 9.53 Å². The number of hydrogen-bond acceptors (Lipinski definition) is 2. The van der Waals surface area contributed by atoms with Crippen molar-refractivity contribution >= 4 is 5.97 Å². The highest BCUT2D eigenvalue weighted by Crippen LogP contribution is 2.60. The van der Waals surface area contributed by atoms with Crippen molar-refractivity contribution in [1.29, 1.82) is 0 Å². The fraction of sp³-hybridized carbons (Fsp3) is 0.769. The summed E-state index contributed by atoms with van der Waals surface area (Å²) in [4.78, 5) is 11.7. The van der Waals surface area contributed by atoms with Crippen molar-refractivity contribution in [2.45, 2.75) is 52.1 Å². The van der Waals surface area contributed by atoms with E-state index in [1.54, 1.807) is 0 Å². The molecule has 1 fully saturated rings. The smallest absolute Gasteiger partial charge is 0.307 e. The van der Waals surface area contributed by atoms with Gasteiger partial charge in [0, 0.05) is 5.41 Å². The molecular weight excluding hydrogens is 188 g/mol. The minimum Gasteiger partial charge on any atom is -0.460 e. The van der Waals surface area contributed by atoms with Crippen LogP contribution in [-0.2, 0) is 9.53 Å². The van der Waals surface area contributed by atoms with E-state index in [-0.39, 0.29) is 17.0 Å². The lowest BCUT2D eigenvalue weighted by atomic mass is 9.92. The molecule has 2 aliphatic rings. The van der Waals surface area contributed by atoms with E-state index in [1.807, 2.05) is 20.8 Å². The lowest BCUT2D eigenvalue weighted by Crippen LogP contribution is -2.25. The van der Waals surface area contributed by atoms with E-state index < -0.39 is 0 Å². The quantitative estimate of drug-likeness (QED) is 0.515. The van der Waals surface area contributed by atoms with E-state index in [4.69, 9.17) is 4.74 Å². The Balaban J connectivity index is 1.90. The Hall–Kier alpha value is -0.790. The number of hydrogen-bond donors (Lipinski definition) is 0. The highest BCUT2D eigenvalue weighted by molar-refractivity contribution is 5.72. The van der Waals surface area contributed by atoms with Crippen molar-refractivity contribution in [2.24, 2.45) is 11.3 Å². The summed E-state index contributed by atoms with van der Waals surface area (Å²) in [6, 6.07) is 0. The Morgan fingerprint density at radius 3 is 2.87 bits per heavy atom. The molecule has 2 atom stereocenters. The molecule has 2 rings (SSSR count). The molecule has 0 saturated heterocycles. The van der Waals surface area contributed by atoms with Gasteiger partial charge in [-0.1, -0.05) is 12.2 Å². The number of carbonyl (C=O) groups is 1. The SMILES string of the molecule is CC(C)(C)OC(=O)C[C@@]12C=CCC[C@@H]1C2. The standard InChI is InChI=1S/C13H20O2/c1-12(2,3)15-11(14)9-13-7-5-4-6-10(13)8-13/h5,7,10H,4,6,8-9H2,1-3H3/t10-,13+/m1/s1. The van der Waals surface area contributed by atoms with Gasteiger partial charge in [-0.05, 0) is 46.0 Å². The van der Waals surface area contributed by atoms with Crippen molar-refractivity contribution in [3.8, 4) is 0 Å². The van der Waals surface area contributed by atoms with Gasteiger partial charge in [-0.2, -0.15) is 0 Å². The van der Waals surface area contributed by atoms with Gasteiger partial charge in [0.2, 0.25) is 0 Å². The molecule has 0 aliphatic heterocycles. The Bertz CT molecular complexity index is 298. The number of allylic oxidation sites excluding steroid dienone is 2. The van der Waals surface area contributed by atoms with Gasteiger partial charge in [-0.3, -0.25) is 4.79 Å². The van der Waals surface area contributed by atoms with Gasteiger partial charge in [0.15, 0.2) is 0 Å². The van der Waals surface area contributed by atoms with Gasteiger partial charge in [-0.25, -0.2) is 0 Å². The topological polar surface area (TPSA) is 26.3 Å². The Morgan fingerprint density at radius 1 is 1.53 bits per heavy atom. The second-order valence-electron chi connectivity index (χ2n) is 5.88. The first kappa shape index (κ1) is 10.7. The van der Waals surface area contributed by atoms with Crippen LogP contribution in [0.15, 0.2) is 12.2 Å². The summed E-state index contributed by atoms with van der Waals surface area (Å²) in [6.07, 6.45) is 8.65. The van der Waals surface area contributed by atoms with E-state index in [0.29, 0.717) is 6.42 Å². The van der Waals surface area contributed by atoms with Gasteiger partial charge >= 0.3 is 5.97 Å². The van der Waals surface area contributed by atoms with Crippen molar-refractivity contribution in [3.63, 3.8) is 0 Å². The van der Waals surface area contributed by atoms with Crippen LogP contribution >= 0.6 is 0 Å². The van der Waals surface area contributed by atoms with Crippen molar-refractivity contribution in [2.75, 3.05) is 0 Å². The van der Waals surface area contributed by atoms with Crippen LogP contribution in [-0.4, -0.2) is 11.6 Å². The number of esters is 1. The second kappa shape index (κ2) is 3.36. The van der Waals surface area contributed by atoms with Crippen LogP contribution in [0.25, 0.3) is 0 Å². The Morgan fingerprint density at radius 2 is 2.27 bits per heavy atom. The number of carbonyl (C=O) groups excluding carboxylic acids is 1. The molecule has 0 radical (unpaired) electrons. The van der Waals surface area contributed by atoms with Crippen LogP contribution in [0.1, 0.15) is 46.5 Å². The van der Waals surface area contributed by atoms with Gasteiger partial charge in [0.05, 0.1) is 6.42 Å². The van der Waals surface area contributed by atoms with Crippen LogP contribution in [0.5, 0.6) is 0 Å². The molecule has 1 saturated carbocycles. The number of fused-ring (bicyclic) bond motifs is 1. The summed E-state index contributed by atoms with van der Waals surface area (Å²) in [7, 11) is 0. The molecule has 0 heterocycles. The average Bonchev–Trinajstić information content (AvgIpc) is 2.73. The molecule has 0 aromatic rings. The van der Waals surface area contributed by atoms with Gasteiger partial charge < -0.3 is 4.74 Å². The zero-order valence-electron chi connectivity index (χ0n) is 9.88. The molecule has 0 aromatic carbocycles. The van der Waals surface area contributed by atoms with E-state index in [0.717, 1.165) is 5.92 Å². The lowest BCUT2D eigenvalue weighted by molar-refractivity contribution is -0.156. The predicted octanol–water partition coefficient (Wildman–Crippen LogP) is 3.07. The molecule has 0 amide bonds. The van der Waals surface area contributed by atoms with Gasteiger partial charge in [0.25, 0.3) is 0 Å². The normalized spacial score (nSPS) is 33.4. The van der Waals surface area contributed by atoms with Gasteiger partial charge in [0.1, 0.15) is 5.60 Å². The lowest BCUT2D eigenvalue weighted by Gasteiger charge is -2.22. The zero-order chi connectivity index (χ0) is 11.1. The molecular formula is C13H20O2. The molecule has 84 valence electrons. The summed E-state index contributed by atoms with van der Waals surface area (Å²) in [6.45, 7) is 5.76. The summed E-state index contributed by atoms with van der Waals surface area (Å²) in [5.41, 5.74) is -0.170. The molecule has 2 aliphatic carbocycles. The summed E-state index contributed by atoms with van der Waals surface area (Å²) in [5.74, 6) is 0.701. The molecule has 0 unspecified atom stereocenters. The molecule has 2 nitrogen and oxygen atoms in total. The third-order valence-electron chi connectivity index (χ3n) is 3.30. The highest BCUT2D eigenvalue weighted by atomic mass is 16.6. The van der Waals surface area contributed by atoms with E-state index in [2.05, 4.69) is 12.2 Å². The highest BCUT2D eigenvalue weighted by Gasteiger charge is 2.54. The van der Waals surface area contributed by atoms with E-state index in [9.17, 15) is 4.79 Å². The molecule has 0 N–H and O–H groups in total. The van der Waals surface area contributed by atoms with Crippen LogP contribution in [0.4, 0.5) is 0 Å². The summed E-state index contributed by atoms with van der Waals surface area (Å²) in [5, 5.41) is 0. The third-order valence-corrected chi connectivity index (χ3v) is 3.30. The minimum absolute atomic E-state index is 0.0449. The molecule has 0 bridgehead atoms. The number of rotatable bonds is 2. The second-order valence-corrected chi connectivity index (χ2v) is 5.88. The van der Waals surface area contributed by atoms with Crippen LogP contribution in [0.2, 0.25) is 0 Å². The summed E-state index contributed by atoms with van der Waals surface area (Å²) < 4.78 is 5.36. The number of ether oxygens (including phenoxy) is 1. The average molecular weight is 208 g/mol. The minimum atomic E-state index is -0.351. The first-order valence-electron chi connectivity index (χ1n) is 5.81. The zero-order valence-corrected chi connectivity index (χ0v) is 9.88. The fourth-order valence-electron chi connectivity index (χ4n) is 2.53. The molecule has 2 heteroatoms. The van der Waals surface area contributed by atoms with Crippen LogP contribution in [0.3, 0.4) is 0 Å². The predicted molar refractivity (Wildman–Crippen MR) is 59.4 cm³/mol.